The maximum Gasteiger partial charge on any atom is 0.243 e. The van der Waals surface area contributed by atoms with Crippen molar-refractivity contribution in [2.24, 2.45) is 34.5 Å². The number of hydrogen-bond acceptors (Lipinski definition) is 7. The lowest BCUT2D eigenvalue weighted by Gasteiger charge is -2.38. The summed E-state index contributed by atoms with van der Waals surface area (Å²) in [5.74, 6) is 2.13. The van der Waals surface area contributed by atoms with Crippen LogP contribution >= 0.6 is 0 Å². The lowest BCUT2D eigenvalue weighted by Crippen LogP contribution is -2.53. The van der Waals surface area contributed by atoms with Gasteiger partial charge in [0.15, 0.2) is 5.78 Å². The topological polar surface area (TPSA) is 88.7 Å². The van der Waals surface area contributed by atoms with Crippen LogP contribution in [0.2, 0.25) is 0 Å². The van der Waals surface area contributed by atoms with E-state index in [-0.39, 0.29) is 46.6 Å². The molecule has 8 nitrogen and oxygen atoms in total. The number of Topliss-reactive ketones (excluding diaryl/α,β-unsaturated/α-hetero) is 1. The maximum absolute atomic E-state index is 14.4. The zero-order valence-corrected chi connectivity index (χ0v) is 35.8. The third kappa shape index (κ3) is 10.9. The molecule has 304 valence electrons. The van der Waals surface area contributed by atoms with Crippen LogP contribution in [-0.4, -0.2) is 72.8 Å². The first-order valence-corrected chi connectivity index (χ1v) is 20.7. The first-order valence-electron chi connectivity index (χ1n) is 20.7. The number of amides is 1. The Labute approximate surface area is 334 Å². The lowest BCUT2D eigenvalue weighted by molar-refractivity contribution is -0.130. The Morgan fingerprint density at radius 3 is 2.11 bits per heavy atom. The lowest BCUT2D eigenvalue weighted by atomic mass is 9.80. The average molecular weight is 755 g/mol. The molecule has 1 saturated heterocycles. The van der Waals surface area contributed by atoms with Crippen LogP contribution in [0.3, 0.4) is 0 Å². The van der Waals surface area contributed by atoms with E-state index in [9.17, 15) is 9.59 Å². The van der Waals surface area contributed by atoms with Crippen molar-refractivity contribution in [1.29, 1.82) is 0 Å². The Morgan fingerprint density at radius 1 is 1.02 bits per heavy atom. The number of rotatable bonds is 19. The quantitative estimate of drug-likeness (QED) is 0.0850. The number of carbonyl (C=O) groups is 2. The molecule has 1 aliphatic heterocycles. The minimum absolute atomic E-state index is 0.0618. The summed E-state index contributed by atoms with van der Waals surface area (Å²) in [6, 6.07) is 8.21. The minimum Gasteiger partial charge on any atom is -0.382 e. The highest BCUT2D eigenvalue weighted by atomic mass is 16.2. The number of fused-ring (bicyclic) bond motifs is 2. The molecule has 1 heterocycles. The Balaban J connectivity index is 0.00000104. The predicted octanol–water partition coefficient (Wildman–Crippen LogP) is 7.72. The third-order valence-corrected chi connectivity index (χ3v) is 13.1. The normalized spacial score (nSPS) is 22.6. The number of nitrogens with zero attached hydrogens (tertiary/aromatic N) is 2. The van der Waals surface area contributed by atoms with Gasteiger partial charge in [-0.1, -0.05) is 117 Å². The van der Waals surface area contributed by atoms with Crippen molar-refractivity contribution >= 4 is 11.7 Å². The zero-order valence-electron chi connectivity index (χ0n) is 35.8. The number of allylic oxidation sites excluding steroid dienone is 1. The number of hydrogen-bond donors (Lipinski definition) is 4. The zero-order chi connectivity index (χ0) is 40.8. The van der Waals surface area contributed by atoms with Gasteiger partial charge in [-0.3, -0.25) is 9.59 Å². The number of nitrogens with one attached hydrogen (secondary N) is 4. The Kier molecular flexibility index (Phi) is 14.6. The van der Waals surface area contributed by atoms with E-state index in [2.05, 4.69) is 125 Å². The van der Waals surface area contributed by atoms with Gasteiger partial charge in [-0.25, -0.2) is 0 Å². The van der Waals surface area contributed by atoms with Crippen molar-refractivity contribution in [2.45, 2.75) is 124 Å². The predicted molar refractivity (Wildman–Crippen MR) is 230 cm³/mol. The molecular formula is C47H74N6O2. The van der Waals surface area contributed by atoms with E-state index < -0.39 is 6.04 Å². The van der Waals surface area contributed by atoms with Gasteiger partial charge in [0.25, 0.3) is 0 Å². The standard InChI is InChI=1S/C42H63N5O2.C5H11N/c1-11-20-43-27(4)39(48)35(22-29-16-15-17-29)46-40(49)38-37-33(42(37,9)10)25-47(38)26(3)21-34(32-23-30-18-13-14-19-31(30)24-32)44-28(5)45-36(12-2)41(6,7)8;1-5(2)6(3)4/h11,13-14,18-19,29,32-38,43-45H,1,3-5,12,15-17,20-25H2,2,6-10H3,(H,46,49);1H2,2-4H3/t33-,34?,35?,36?,37-,38?;/m0./s1. The summed E-state index contributed by atoms with van der Waals surface area (Å²) >= 11 is 0. The van der Waals surface area contributed by atoms with Gasteiger partial charge in [-0.2, -0.15) is 0 Å². The van der Waals surface area contributed by atoms with E-state index in [0.717, 1.165) is 55.9 Å². The van der Waals surface area contributed by atoms with Crippen LogP contribution in [0, 0.1) is 34.5 Å². The van der Waals surface area contributed by atoms with E-state index in [1.165, 1.54) is 17.5 Å². The van der Waals surface area contributed by atoms with Crippen LogP contribution in [0.4, 0.5) is 0 Å². The fraction of sp³-hybridized carbons (Fsp3) is 0.617. The second-order valence-electron chi connectivity index (χ2n) is 18.7. The fourth-order valence-corrected chi connectivity index (χ4v) is 8.95. The van der Waals surface area contributed by atoms with Gasteiger partial charge in [0, 0.05) is 57.1 Å². The number of benzene rings is 1. The van der Waals surface area contributed by atoms with E-state index in [1.807, 2.05) is 25.9 Å². The molecule has 0 spiro atoms. The highest BCUT2D eigenvalue weighted by Crippen LogP contribution is 2.65. The Bertz CT molecular complexity index is 1560. The molecule has 4 N–H and O–H groups in total. The molecule has 1 aromatic rings. The van der Waals surface area contributed by atoms with Gasteiger partial charge in [-0.15, -0.1) is 6.58 Å². The van der Waals surface area contributed by atoms with Crippen LogP contribution in [-0.2, 0) is 22.4 Å². The molecule has 3 aliphatic carbocycles. The van der Waals surface area contributed by atoms with E-state index in [4.69, 9.17) is 0 Å². The average Bonchev–Trinajstić information content (AvgIpc) is 3.46. The van der Waals surface area contributed by atoms with Gasteiger partial charge in [0.1, 0.15) is 6.04 Å². The highest BCUT2D eigenvalue weighted by Gasteiger charge is 2.68. The van der Waals surface area contributed by atoms with E-state index >= 15 is 0 Å². The SMILES string of the molecule is C=C(C)N(C)C.C=CCNC(=C)C(=O)C(CC1CCC1)NC(=O)C1[C@@H]2[C@H](CN1C(=C)CC(NC(=C)NC(CC)C(C)(C)C)C1Cc3ccccc3C1)C2(C)C. The van der Waals surface area contributed by atoms with Crippen molar-refractivity contribution in [3.8, 4) is 0 Å². The van der Waals surface area contributed by atoms with Gasteiger partial charge < -0.3 is 31.1 Å². The Morgan fingerprint density at radius 2 is 1.62 bits per heavy atom. The van der Waals surface area contributed by atoms with E-state index in [0.29, 0.717) is 42.8 Å². The molecule has 8 heteroatoms. The number of ketones is 1. The van der Waals surface area contributed by atoms with Gasteiger partial charge >= 0.3 is 0 Å². The van der Waals surface area contributed by atoms with Gasteiger partial charge in [-0.05, 0) is 78.2 Å². The number of carbonyl (C=O) groups excluding carboxylic acids is 2. The molecule has 0 aromatic heterocycles. The monoisotopic (exact) mass is 755 g/mol. The molecule has 55 heavy (non-hydrogen) atoms. The number of likely N-dealkylation sites (tertiary alicyclic amines) is 1. The molecule has 4 unspecified atom stereocenters. The molecule has 2 saturated carbocycles. The number of piperidine rings is 1. The molecule has 5 rings (SSSR count). The van der Waals surface area contributed by atoms with Crippen molar-refractivity contribution in [3.63, 3.8) is 0 Å². The van der Waals surface area contributed by atoms with Crippen LogP contribution in [0.25, 0.3) is 0 Å². The van der Waals surface area contributed by atoms with Crippen LogP contribution < -0.4 is 21.3 Å². The summed E-state index contributed by atoms with van der Waals surface area (Å²) in [5.41, 5.74) is 5.40. The smallest absolute Gasteiger partial charge is 0.243 e. The summed E-state index contributed by atoms with van der Waals surface area (Å²) in [6.45, 7) is 37.3. The van der Waals surface area contributed by atoms with Crippen LogP contribution in [0.1, 0.15) is 98.1 Å². The molecule has 0 bridgehead atoms. The highest BCUT2D eigenvalue weighted by molar-refractivity contribution is 6.01. The van der Waals surface area contributed by atoms with Crippen LogP contribution in [0.15, 0.2) is 86.1 Å². The molecule has 4 aliphatic rings. The van der Waals surface area contributed by atoms with E-state index in [1.54, 1.807) is 6.08 Å². The molecule has 6 atom stereocenters. The summed E-state index contributed by atoms with van der Waals surface area (Å²) in [6.07, 6.45) is 9.46. The molecular weight excluding hydrogens is 681 g/mol. The van der Waals surface area contributed by atoms with Gasteiger partial charge in [0.2, 0.25) is 5.91 Å². The van der Waals surface area contributed by atoms with Crippen molar-refractivity contribution in [3.05, 3.63) is 97.3 Å². The second kappa shape index (κ2) is 18.3. The minimum atomic E-state index is -0.589. The molecule has 3 fully saturated rings. The van der Waals surface area contributed by atoms with Crippen molar-refractivity contribution in [2.75, 3.05) is 27.2 Å². The summed E-state index contributed by atoms with van der Waals surface area (Å²) < 4.78 is 0. The maximum atomic E-state index is 14.4. The third-order valence-electron chi connectivity index (χ3n) is 13.1. The molecule has 1 amide bonds. The second-order valence-corrected chi connectivity index (χ2v) is 18.7. The van der Waals surface area contributed by atoms with Gasteiger partial charge in [0.05, 0.1) is 17.6 Å². The summed E-state index contributed by atoms with van der Waals surface area (Å²) in [5, 5.41) is 13.8. The molecule has 0 radical (unpaired) electrons. The fourth-order valence-electron chi connectivity index (χ4n) is 8.95. The molecule has 1 aromatic carbocycles. The first-order chi connectivity index (χ1) is 25.8. The summed E-state index contributed by atoms with van der Waals surface area (Å²) in [4.78, 5) is 32.2. The van der Waals surface area contributed by atoms with Crippen molar-refractivity contribution in [1.82, 2.24) is 31.1 Å². The summed E-state index contributed by atoms with van der Waals surface area (Å²) in [7, 11) is 3.95. The van der Waals surface area contributed by atoms with Crippen LogP contribution in [0.5, 0.6) is 0 Å². The largest absolute Gasteiger partial charge is 0.382 e. The first kappa shape index (κ1) is 43.8. The Hall–Kier alpha value is -3.94. The van der Waals surface area contributed by atoms with Crippen molar-refractivity contribution < 1.29 is 9.59 Å².